The molecule has 3 N–H and O–H groups in total. The van der Waals surface area contributed by atoms with Gasteiger partial charge in [0.05, 0.1) is 18.4 Å². The predicted molar refractivity (Wildman–Crippen MR) is 34.2 cm³/mol. The standard InChI is InChI=1S/C5H8N4O/c6-9-3-5-4-10-2-1-8(5)7-9/h1-2,4,7H,3,6H2. The van der Waals surface area contributed by atoms with Crippen molar-refractivity contribution >= 4 is 0 Å². The summed E-state index contributed by atoms with van der Waals surface area (Å²) in [6, 6.07) is 0. The molecular weight excluding hydrogens is 132 g/mol. The summed E-state index contributed by atoms with van der Waals surface area (Å²) in [5, 5.41) is 3.27. The van der Waals surface area contributed by atoms with Gasteiger partial charge in [0.2, 0.25) is 0 Å². The highest BCUT2D eigenvalue weighted by Gasteiger charge is 2.21. The van der Waals surface area contributed by atoms with Gasteiger partial charge in [-0.2, -0.15) is 5.12 Å². The molecule has 0 aromatic heterocycles. The Morgan fingerprint density at radius 1 is 1.70 bits per heavy atom. The lowest BCUT2D eigenvalue weighted by atomic mass is 10.4. The van der Waals surface area contributed by atoms with Crippen LogP contribution in [0.3, 0.4) is 0 Å². The van der Waals surface area contributed by atoms with E-state index in [-0.39, 0.29) is 0 Å². The van der Waals surface area contributed by atoms with Gasteiger partial charge in [-0.05, 0) is 0 Å². The van der Waals surface area contributed by atoms with Gasteiger partial charge in [0.25, 0.3) is 0 Å². The summed E-state index contributed by atoms with van der Waals surface area (Å²) < 4.78 is 4.93. The normalized spacial score (nSPS) is 24.1. The molecule has 0 saturated carbocycles. The molecule has 0 aliphatic carbocycles. The Morgan fingerprint density at radius 3 is 3.40 bits per heavy atom. The largest absolute Gasteiger partial charge is 0.469 e. The number of hydrazine groups is 3. The minimum absolute atomic E-state index is 0.657. The van der Waals surface area contributed by atoms with Gasteiger partial charge in [0.15, 0.2) is 0 Å². The Morgan fingerprint density at radius 2 is 2.60 bits per heavy atom. The third-order valence-corrected chi connectivity index (χ3v) is 1.37. The first-order chi connectivity index (χ1) is 4.86. The maximum absolute atomic E-state index is 5.44. The third-order valence-electron chi connectivity index (χ3n) is 1.37. The molecule has 0 atom stereocenters. The van der Waals surface area contributed by atoms with Crippen molar-refractivity contribution in [1.82, 2.24) is 15.7 Å². The van der Waals surface area contributed by atoms with Crippen LogP contribution in [0.1, 0.15) is 0 Å². The summed E-state index contributed by atoms with van der Waals surface area (Å²) in [5.74, 6) is 5.44. The second kappa shape index (κ2) is 1.98. The van der Waals surface area contributed by atoms with Crippen LogP contribution in [0.4, 0.5) is 0 Å². The minimum Gasteiger partial charge on any atom is -0.469 e. The van der Waals surface area contributed by atoms with Crippen LogP contribution < -0.4 is 11.4 Å². The van der Waals surface area contributed by atoms with E-state index in [0.717, 1.165) is 5.70 Å². The van der Waals surface area contributed by atoms with Crippen LogP contribution in [0.2, 0.25) is 0 Å². The monoisotopic (exact) mass is 140 g/mol. The Labute approximate surface area is 58.2 Å². The zero-order chi connectivity index (χ0) is 6.97. The van der Waals surface area contributed by atoms with Crippen molar-refractivity contribution in [2.75, 3.05) is 6.54 Å². The van der Waals surface area contributed by atoms with E-state index in [4.69, 9.17) is 10.6 Å². The van der Waals surface area contributed by atoms with Gasteiger partial charge in [-0.3, -0.25) is 10.9 Å². The lowest BCUT2D eigenvalue weighted by Gasteiger charge is -2.15. The first-order valence-electron chi connectivity index (χ1n) is 2.95. The quantitative estimate of drug-likeness (QED) is 0.433. The molecule has 2 aliphatic heterocycles. The number of rotatable bonds is 0. The zero-order valence-corrected chi connectivity index (χ0v) is 5.32. The van der Waals surface area contributed by atoms with Crippen molar-refractivity contribution in [2.45, 2.75) is 0 Å². The van der Waals surface area contributed by atoms with Gasteiger partial charge in [0, 0.05) is 0 Å². The summed E-state index contributed by atoms with van der Waals surface area (Å²) >= 11 is 0. The van der Waals surface area contributed by atoms with E-state index in [2.05, 4.69) is 5.53 Å². The SMILES string of the molecule is NN1CC2=COC=CN2N1. The van der Waals surface area contributed by atoms with E-state index in [1.165, 1.54) is 5.12 Å². The summed E-state index contributed by atoms with van der Waals surface area (Å²) in [7, 11) is 0. The maximum Gasteiger partial charge on any atom is 0.113 e. The van der Waals surface area contributed by atoms with Crippen molar-refractivity contribution < 1.29 is 4.74 Å². The number of nitrogens with zero attached hydrogens (tertiary/aromatic N) is 2. The molecule has 10 heavy (non-hydrogen) atoms. The van der Waals surface area contributed by atoms with E-state index >= 15 is 0 Å². The lowest BCUT2D eigenvalue weighted by Crippen LogP contribution is -2.41. The second-order valence-corrected chi connectivity index (χ2v) is 2.13. The molecule has 2 aliphatic rings. The maximum atomic E-state index is 5.44. The van der Waals surface area contributed by atoms with E-state index in [0.29, 0.717) is 6.54 Å². The molecule has 0 amide bonds. The van der Waals surface area contributed by atoms with Crippen LogP contribution in [0, 0.1) is 0 Å². The summed E-state index contributed by atoms with van der Waals surface area (Å²) in [6.45, 7) is 0.657. The lowest BCUT2D eigenvalue weighted by molar-refractivity contribution is 0.160. The van der Waals surface area contributed by atoms with Gasteiger partial charge in [0.1, 0.15) is 12.5 Å². The van der Waals surface area contributed by atoms with E-state index in [9.17, 15) is 0 Å². The van der Waals surface area contributed by atoms with E-state index in [1.807, 2.05) is 0 Å². The molecular formula is C5H8N4O. The van der Waals surface area contributed by atoms with Crippen molar-refractivity contribution in [3.63, 3.8) is 0 Å². The van der Waals surface area contributed by atoms with Crippen LogP contribution in [0.25, 0.3) is 0 Å². The molecule has 0 spiro atoms. The molecule has 2 heterocycles. The molecule has 0 aromatic rings. The highest BCUT2D eigenvalue weighted by molar-refractivity contribution is 5.08. The Hall–Kier alpha value is -1.04. The van der Waals surface area contributed by atoms with Crippen LogP contribution in [0.15, 0.2) is 24.4 Å². The van der Waals surface area contributed by atoms with Crippen LogP contribution in [-0.2, 0) is 4.74 Å². The third kappa shape index (κ3) is 0.766. The average molecular weight is 140 g/mol. The number of fused-ring (bicyclic) bond motifs is 1. The first kappa shape index (κ1) is 5.72. The van der Waals surface area contributed by atoms with E-state index in [1.54, 1.807) is 23.7 Å². The first-order valence-corrected chi connectivity index (χ1v) is 2.95. The molecule has 1 saturated heterocycles. The highest BCUT2D eigenvalue weighted by atomic mass is 16.5. The highest BCUT2D eigenvalue weighted by Crippen LogP contribution is 2.13. The van der Waals surface area contributed by atoms with Gasteiger partial charge in [-0.25, -0.2) is 0 Å². The van der Waals surface area contributed by atoms with Gasteiger partial charge in [-0.1, -0.05) is 0 Å². The fourth-order valence-corrected chi connectivity index (χ4v) is 0.926. The number of hydrogen-bond donors (Lipinski definition) is 2. The second-order valence-electron chi connectivity index (χ2n) is 2.13. The fourth-order valence-electron chi connectivity index (χ4n) is 0.926. The smallest absolute Gasteiger partial charge is 0.113 e. The van der Waals surface area contributed by atoms with Crippen molar-refractivity contribution in [2.24, 2.45) is 5.84 Å². The molecule has 54 valence electrons. The Bertz CT molecular complexity index is 200. The van der Waals surface area contributed by atoms with Crippen LogP contribution >= 0.6 is 0 Å². The van der Waals surface area contributed by atoms with E-state index < -0.39 is 0 Å². The number of hydrogen-bond acceptors (Lipinski definition) is 5. The zero-order valence-electron chi connectivity index (χ0n) is 5.32. The molecule has 5 nitrogen and oxygen atoms in total. The molecule has 0 aromatic carbocycles. The van der Waals surface area contributed by atoms with Gasteiger partial charge >= 0.3 is 0 Å². The summed E-state index contributed by atoms with van der Waals surface area (Å²) in [4.78, 5) is 0. The molecule has 0 bridgehead atoms. The molecule has 2 rings (SSSR count). The summed E-state index contributed by atoms with van der Waals surface area (Å²) in [5.41, 5.74) is 3.87. The van der Waals surface area contributed by atoms with Gasteiger partial charge < -0.3 is 4.74 Å². The molecule has 0 unspecified atom stereocenters. The average Bonchev–Trinajstić information content (AvgIpc) is 2.27. The molecule has 0 radical (unpaired) electrons. The molecule has 1 fully saturated rings. The van der Waals surface area contributed by atoms with Crippen molar-refractivity contribution in [3.8, 4) is 0 Å². The van der Waals surface area contributed by atoms with Gasteiger partial charge in [-0.15, -0.1) is 5.53 Å². The van der Waals surface area contributed by atoms with Crippen LogP contribution in [0.5, 0.6) is 0 Å². The number of ether oxygens (including phenoxy) is 1. The topological polar surface area (TPSA) is 53.8 Å². The predicted octanol–water partition coefficient (Wildman–Crippen LogP) is -0.760. The fraction of sp³-hybridized carbons (Fsp3) is 0.200. The van der Waals surface area contributed by atoms with Crippen molar-refractivity contribution in [1.29, 1.82) is 0 Å². The Balaban J connectivity index is 2.19. The van der Waals surface area contributed by atoms with Crippen LogP contribution in [-0.4, -0.2) is 16.7 Å². The molecule has 5 heteroatoms. The number of nitrogens with two attached hydrogens (primary N) is 1. The number of nitrogens with one attached hydrogen (secondary N) is 1. The summed E-state index contributed by atoms with van der Waals surface area (Å²) in [6.07, 6.45) is 5.00. The Kier molecular flexibility index (Phi) is 1.13. The van der Waals surface area contributed by atoms with Crippen molar-refractivity contribution in [3.05, 3.63) is 24.4 Å². The minimum atomic E-state index is 0.657.